The van der Waals surface area contributed by atoms with Crippen molar-refractivity contribution in [3.05, 3.63) is 29.8 Å². The lowest BCUT2D eigenvalue weighted by Gasteiger charge is -2.25. The van der Waals surface area contributed by atoms with Crippen molar-refractivity contribution in [3.8, 4) is 5.75 Å². The van der Waals surface area contributed by atoms with E-state index in [0.29, 0.717) is 12.5 Å². The molecule has 4 nitrogen and oxygen atoms in total. The molecule has 0 radical (unpaired) electrons. The van der Waals surface area contributed by atoms with E-state index in [2.05, 4.69) is 6.92 Å². The fourth-order valence-electron chi connectivity index (χ4n) is 2.29. The molecule has 1 saturated carbocycles. The number of amides is 1. The van der Waals surface area contributed by atoms with Gasteiger partial charge in [-0.05, 0) is 43.4 Å². The lowest BCUT2D eigenvalue weighted by molar-refractivity contribution is -0.133. The van der Waals surface area contributed by atoms with Crippen LogP contribution in [0.2, 0.25) is 0 Å². The highest BCUT2D eigenvalue weighted by atomic mass is 16.3. The standard InChI is InChI=1S/C15H22N2O2/c1-2-9-17(12-5-6-12)15(19)14(16)10-11-3-7-13(18)8-4-11/h3-4,7-8,12,14,18H,2,5-6,9-10,16H2,1H3/t14-/m1/s1. The number of phenolic OH excluding ortho intramolecular Hbond substituents is 1. The Morgan fingerprint density at radius 1 is 1.42 bits per heavy atom. The maximum atomic E-state index is 12.3. The van der Waals surface area contributed by atoms with E-state index in [1.807, 2.05) is 17.0 Å². The van der Waals surface area contributed by atoms with Crippen LogP contribution in [0.1, 0.15) is 31.7 Å². The topological polar surface area (TPSA) is 66.6 Å². The van der Waals surface area contributed by atoms with Crippen molar-refractivity contribution in [1.29, 1.82) is 0 Å². The molecule has 1 aliphatic rings. The molecule has 4 heteroatoms. The first kappa shape index (κ1) is 13.9. The number of aromatic hydroxyl groups is 1. The Kier molecular flexibility index (Phi) is 4.43. The Morgan fingerprint density at radius 3 is 2.58 bits per heavy atom. The van der Waals surface area contributed by atoms with E-state index in [0.717, 1.165) is 31.4 Å². The van der Waals surface area contributed by atoms with Crippen LogP contribution < -0.4 is 5.73 Å². The average Bonchev–Trinajstić information content (AvgIpc) is 3.22. The first-order chi connectivity index (χ1) is 9.11. The summed E-state index contributed by atoms with van der Waals surface area (Å²) in [6.07, 6.45) is 3.70. The van der Waals surface area contributed by atoms with Gasteiger partial charge >= 0.3 is 0 Å². The molecule has 19 heavy (non-hydrogen) atoms. The lowest BCUT2D eigenvalue weighted by Crippen LogP contribution is -2.46. The minimum absolute atomic E-state index is 0.0532. The maximum absolute atomic E-state index is 12.3. The molecule has 2 rings (SSSR count). The molecule has 1 fully saturated rings. The molecule has 1 aliphatic carbocycles. The molecule has 0 bridgehead atoms. The van der Waals surface area contributed by atoms with Crippen molar-refractivity contribution in [3.63, 3.8) is 0 Å². The fourth-order valence-corrected chi connectivity index (χ4v) is 2.29. The number of benzene rings is 1. The summed E-state index contributed by atoms with van der Waals surface area (Å²) in [6, 6.07) is 6.79. The smallest absolute Gasteiger partial charge is 0.240 e. The quantitative estimate of drug-likeness (QED) is 0.819. The molecule has 0 saturated heterocycles. The molecular formula is C15H22N2O2. The predicted molar refractivity (Wildman–Crippen MR) is 74.8 cm³/mol. The number of phenols is 1. The van der Waals surface area contributed by atoms with E-state index in [4.69, 9.17) is 5.73 Å². The minimum Gasteiger partial charge on any atom is -0.508 e. The predicted octanol–water partition coefficient (Wildman–Crippen LogP) is 1.66. The van der Waals surface area contributed by atoms with Crippen molar-refractivity contribution in [2.45, 2.75) is 44.7 Å². The Labute approximate surface area is 114 Å². The molecule has 3 N–H and O–H groups in total. The van der Waals surface area contributed by atoms with E-state index in [-0.39, 0.29) is 11.7 Å². The second-order valence-electron chi connectivity index (χ2n) is 5.24. The summed E-state index contributed by atoms with van der Waals surface area (Å²) in [5.74, 6) is 0.284. The van der Waals surface area contributed by atoms with Gasteiger partial charge in [-0.25, -0.2) is 0 Å². The van der Waals surface area contributed by atoms with Crippen LogP contribution >= 0.6 is 0 Å². The van der Waals surface area contributed by atoms with Gasteiger partial charge in [0.05, 0.1) is 6.04 Å². The van der Waals surface area contributed by atoms with Gasteiger partial charge in [0.1, 0.15) is 5.75 Å². The van der Waals surface area contributed by atoms with Crippen LogP contribution in [0, 0.1) is 0 Å². The van der Waals surface area contributed by atoms with E-state index in [9.17, 15) is 9.90 Å². The first-order valence-electron chi connectivity index (χ1n) is 6.95. The van der Waals surface area contributed by atoms with Gasteiger partial charge in [-0.15, -0.1) is 0 Å². The largest absolute Gasteiger partial charge is 0.508 e. The number of carbonyl (C=O) groups excluding carboxylic acids is 1. The summed E-state index contributed by atoms with van der Waals surface area (Å²) in [5.41, 5.74) is 7.01. The van der Waals surface area contributed by atoms with Crippen LogP contribution in [-0.4, -0.2) is 34.5 Å². The molecule has 104 valence electrons. The summed E-state index contributed by atoms with van der Waals surface area (Å²) in [5, 5.41) is 9.23. The summed E-state index contributed by atoms with van der Waals surface area (Å²) in [4.78, 5) is 14.3. The number of rotatable bonds is 6. The third-order valence-electron chi connectivity index (χ3n) is 3.44. The van der Waals surface area contributed by atoms with E-state index >= 15 is 0 Å². The molecule has 0 heterocycles. The zero-order chi connectivity index (χ0) is 13.8. The van der Waals surface area contributed by atoms with Gasteiger partial charge in [-0.3, -0.25) is 4.79 Å². The summed E-state index contributed by atoms with van der Waals surface area (Å²) < 4.78 is 0. The Balaban J connectivity index is 1.95. The average molecular weight is 262 g/mol. The highest BCUT2D eigenvalue weighted by Crippen LogP contribution is 2.27. The molecule has 1 aromatic rings. The van der Waals surface area contributed by atoms with Gasteiger partial charge in [-0.1, -0.05) is 19.1 Å². The first-order valence-corrected chi connectivity index (χ1v) is 6.95. The van der Waals surface area contributed by atoms with Gasteiger partial charge in [0.15, 0.2) is 0 Å². The Morgan fingerprint density at radius 2 is 2.05 bits per heavy atom. The normalized spacial score (nSPS) is 16.1. The zero-order valence-corrected chi connectivity index (χ0v) is 11.4. The van der Waals surface area contributed by atoms with E-state index in [1.165, 1.54) is 0 Å². The third kappa shape index (κ3) is 3.70. The van der Waals surface area contributed by atoms with Crippen molar-refractivity contribution < 1.29 is 9.90 Å². The van der Waals surface area contributed by atoms with Crippen molar-refractivity contribution in [2.75, 3.05) is 6.54 Å². The summed E-state index contributed by atoms with van der Waals surface area (Å²) >= 11 is 0. The highest BCUT2D eigenvalue weighted by molar-refractivity contribution is 5.82. The number of nitrogens with two attached hydrogens (primary N) is 1. The van der Waals surface area contributed by atoms with Crippen molar-refractivity contribution in [1.82, 2.24) is 4.90 Å². The fraction of sp³-hybridized carbons (Fsp3) is 0.533. The van der Waals surface area contributed by atoms with E-state index in [1.54, 1.807) is 12.1 Å². The van der Waals surface area contributed by atoms with E-state index < -0.39 is 6.04 Å². The summed E-state index contributed by atoms with van der Waals surface area (Å²) in [6.45, 7) is 2.88. The second-order valence-corrected chi connectivity index (χ2v) is 5.24. The summed E-state index contributed by atoms with van der Waals surface area (Å²) in [7, 11) is 0. The van der Waals surface area contributed by atoms with Crippen LogP contribution in [0.25, 0.3) is 0 Å². The van der Waals surface area contributed by atoms with Crippen LogP contribution in [-0.2, 0) is 11.2 Å². The maximum Gasteiger partial charge on any atom is 0.240 e. The van der Waals surface area contributed by atoms with Gasteiger partial charge in [0, 0.05) is 12.6 Å². The Bertz CT molecular complexity index is 426. The van der Waals surface area contributed by atoms with Gasteiger partial charge in [-0.2, -0.15) is 0 Å². The molecule has 0 aliphatic heterocycles. The monoisotopic (exact) mass is 262 g/mol. The lowest BCUT2D eigenvalue weighted by atomic mass is 10.1. The minimum atomic E-state index is -0.489. The van der Waals surface area contributed by atoms with Gasteiger partial charge in [0.2, 0.25) is 5.91 Å². The molecular weight excluding hydrogens is 240 g/mol. The van der Waals surface area contributed by atoms with Crippen LogP contribution in [0.4, 0.5) is 0 Å². The highest BCUT2D eigenvalue weighted by Gasteiger charge is 2.33. The molecule has 0 aromatic heterocycles. The number of hydrogen-bond donors (Lipinski definition) is 2. The zero-order valence-electron chi connectivity index (χ0n) is 11.4. The van der Waals surface area contributed by atoms with Crippen LogP contribution in [0.15, 0.2) is 24.3 Å². The number of nitrogens with zero attached hydrogens (tertiary/aromatic N) is 1. The third-order valence-corrected chi connectivity index (χ3v) is 3.44. The second kappa shape index (κ2) is 6.06. The molecule has 1 aromatic carbocycles. The SMILES string of the molecule is CCCN(C(=O)[C@H](N)Cc1ccc(O)cc1)C1CC1. The van der Waals surface area contributed by atoms with Crippen LogP contribution in [0.3, 0.4) is 0 Å². The number of hydrogen-bond acceptors (Lipinski definition) is 3. The van der Waals surface area contributed by atoms with Crippen molar-refractivity contribution >= 4 is 5.91 Å². The number of carbonyl (C=O) groups is 1. The molecule has 0 unspecified atom stereocenters. The van der Waals surface area contributed by atoms with Gasteiger partial charge < -0.3 is 15.7 Å². The molecule has 1 amide bonds. The molecule has 0 spiro atoms. The van der Waals surface area contributed by atoms with Crippen LogP contribution in [0.5, 0.6) is 5.75 Å². The van der Waals surface area contributed by atoms with Crippen molar-refractivity contribution in [2.24, 2.45) is 5.73 Å². The van der Waals surface area contributed by atoms with Gasteiger partial charge in [0.25, 0.3) is 0 Å². The molecule has 1 atom stereocenters. The Hall–Kier alpha value is -1.55.